The molecule has 26 heavy (non-hydrogen) atoms. The molecule has 0 spiro atoms. The summed E-state index contributed by atoms with van der Waals surface area (Å²) in [7, 11) is 0. The highest BCUT2D eigenvalue weighted by molar-refractivity contribution is 5.13. The summed E-state index contributed by atoms with van der Waals surface area (Å²) in [5.74, 6) is 2.15. The molecular formula is C23H38O3. The van der Waals surface area contributed by atoms with Crippen LogP contribution in [0.4, 0.5) is 0 Å². The summed E-state index contributed by atoms with van der Waals surface area (Å²) in [6.45, 7) is 7.28. The molecule has 2 saturated heterocycles. The SMILES string of the molecule is CC12CC(C(C)(CC3CCCC(O)C3)C3CCCC4(C)OC34)CCC1O2. The van der Waals surface area contributed by atoms with Crippen molar-refractivity contribution in [2.45, 2.75) is 121 Å². The molecule has 0 radical (unpaired) electrons. The quantitative estimate of drug-likeness (QED) is 0.727. The normalized spacial score (nSPS) is 55.4. The summed E-state index contributed by atoms with van der Waals surface area (Å²) in [6.07, 6.45) is 14.5. The molecule has 5 aliphatic rings. The second-order valence-corrected chi connectivity index (χ2v) is 11.1. The van der Waals surface area contributed by atoms with Crippen LogP contribution in [0.2, 0.25) is 0 Å². The largest absolute Gasteiger partial charge is 0.393 e. The maximum absolute atomic E-state index is 10.2. The zero-order chi connectivity index (χ0) is 18.2. The molecule has 0 amide bonds. The maximum atomic E-state index is 10.2. The van der Waals surface area contributed by atoms with Gasteiger partial charge in [0.05, 0.1) is 29.5 Å². The lowest BCUT2D eigenvalue weighted by Gasteiger charge is -2.49. The number of aliphatic hydroxyl groups is 1. The molecule has 5 fully saturated rings. The number of aliphatic hydroxyl groups excluding tert-OH is 1. The fraction of sp³-hybridized carbons (Fsp3) is 1.00. The molecule has 1 N–H and O–H groups in total. The lowest BCUT2D eigenvalue weighted by molar-refractivity contribution is -0.00827. The Bertz CT molecular complexity index is 564. The molecular weight excluding hydrogens is 324 g/mol. The summed E-state index contributed by atoms with van der Waals surface area (Å²) in [4.78, 5) is 0. The number of hydrogen-bond acceptors (Lipinski definition) is 3. The van der Waals surface area contributed by atoms with Gasteiger partial charge < -0.3 is 14.6 Å². The van der Waals surface area contributed by atoms with Crippen LogP contribution in [0, 0.1) is 23.2 Å². The lowest BCUT2D eigenvalue weighted by Crippen LogP contribution is -2.46. The molecule has 148 valence electrons. The minimum absolute atomic E-state index is 0.0631. The van der Waals surface area contributed by atoms with Crippen LogP contribution in [0.25, 0.3) is 0 Å². The average Bonchev–Trinajstić information content (AvgIpc) is 3.46. The molecule has 3 heteroatoms. The van der Waals surface area contributed by atoms with Crippen LogP contribution in [0.1, 0.15) is 91.4 Å². The predicted molar refractivity (Wildman–Crippen MR) is 102 cm³/mol. The van der Waals surface area contributed by atoms with E-state index in [4.69, 9.17) is 9.47 Å². The third-order valence-electron chi connectivity index (χ3n) is 9.22. The average molecular weight is 363 g/mol. The van der Waals surface area contributed by atoms with Crippen molar-refractivity contribution in [3.05, 3.63) is 0 Å². The highest BCUT2D eigenvalue weighted by Crippen LogP contribution is 2.63. The Balaban J connectivity index is 1.40. The minimum Gasteiger partial charge on any atom is -0.393 e. The van der Waals surface area contributed by atoms with E-state index in [1.807, 2.05) is 0 Å². The van der Waals surface area contributed by atoms with E-state index < -0.39 is 0 Å². The van der Waals surface area contributed by atoms with Gasteiger partial charge in [-0.1, -0.05) is 26.2 Å². The Labute approximate surface area is 159 Å². The van der Waals surface area contributed by atoms with Crippen molar-refractivity contribution in [3.63, 3.8) is 0 Å². The molecule has 3 aliphatic carbocycles. The first-order chi connectivity index (χ1) is 12.3. The van der Waals surface area contributed by atoms with Gasteiger partial charge in [-0.15, -0.1) is 0 Å². The highest BCUT2D eigenvalue weighted by Gasteiger charge is 2.65. The number of epoxide rings is 2. The molecule has 0 aromatic rings. The molecule has 5 rings (SSSR count). The fourth-order valence-corrected chi connectivity index (χ4v) is 7.50. The summed E-state index contributed by atoms with van der Waals surface area (Å²) in [5.41, 5.74) is 0.677. The van der Waals surface area contributed by atoms with Gasteiger partial charge in [0.2, 0.25) is 0 Å². The molecule has 3 nitrogen and oxygen atoms in total. The fourth-order valence-electron chi connectivity index (χ4n) is 7.50. The zero-order valence-corrected chi connectivity index (χ0v) is 17.0. The smallest absolute Gasteiger partial charge is 0.0923 e. The van der Waals surface area contributed by atoms with Crippen molar-refractivity contribution in [2.24, 2.45) is 23.2 Å². The molecule has 2 aliphatic heterocycles. The van der Waals surface area contributed by atoms with Gasteiger partial charge in [-0.25, -0.2) is 0 Å². The molecule has 3 saturated carbocycles. The van der Waals surface area contributed by atoms with Crippen molar-refractivity contribution in [2.75, 3.05) is 0 Å². The van der Waals surface area contributed by atoms with Crippen LogP contribution in [-0.2, 0) is 9.47 Å². The summed E-state index contributed by atoms with van der Waals surface area (Å²) in [5, 5.41) is 10.2. The molecule has 0 bridgehead atoms. The van der Waals surface area contributed by atoms with Gasteiger partial charge >= 0.3 is 0 Å². The third-order valence-corrected chi connectivity index (χ3v) is 9.22. The lowest BCUT2D eigenvalue weighted by atomic mass is 9.54. The molecule has 0 aromatic carbocycles. The first kappa shape index (κ1) is 17.9. The van der Waals surface area contributed by atoms with Crippen LogP contribution in [0.5, 0.6) is 0 Å². The third kappa shape index (κ3) is 2.88. The van der Waals surface area contributed by atoms with Crippen LogP contribution in [-0.4, -0.2) is 34.6 Å². The van der Waals surface area contributed by atoms with E-state index in [1.54, 1.807) is 0 Å². The Morgan fingerprint density at radius 1 is 1.00 bits per heavy atom. The summed E-state index contributed by atoms with van der Waals surface area (Å²) >= 11 is 0. The van der Waals surface area contributed by atoms with E-state index in [-0.39, 0.29) is 17.3 Å². The van der Waals surface area contributed by atoms with E-state index in [9.17, 15) is 5.11 Å². The van der Waals surface area contributed by atoms with Crippen molar-refractivity contribution < 1.29 is 14.6 Å². The molecule has 9 unspecified atom stereocenters. The molecule has 9 atom stereocenters. The van der Waals surface area contributed by atoms with Crippen LogP contribution < -0.4 is 0 Å². The van der Waals surface area contributed by atoms with Crippen molar-refractivity contribution in [3.8, 4) is 0 Å². The topological polar surface area (TPSA) is 45.3 Å². The van der Waals surface area contributed by atoms with E-state index in [0.29, 0.717) is 29.5 Å². The Hall–Kier alpha value is -0.120. The van der Waals surface area contributed by atoms with E-state index in [0.717, 1.165) is 18.8 Å². The standard InChI is InChI=1S/C23H38O3/c1-21(13-15-6-4-7-17(24)12-15,16-9-10-19-23(3,14-16)25-19)18-8-5-11-22(2)20(18)26-22/h15-20,24H,4-14H2,1-3H3. The summed E-state index contributed by atoms with van der Waals surface area (Å²) in [6, 6.07) is 0. The van der Waals surface area contributed by atoms with Crippen LogP contribution in [0.3, 0.4) is 0 Å². The molecule has 2 heterocycles. The molecule has 0 aromatic heterocycles. The van der Waals surface area contributed by atoms with Gasteiger partial charge in [-0.3, -0.25) is 0 Å². The number of hydrogen-bond donors (Lipinski definition) is 1. The summed E-state index contributed by atoms with van der Waals surface area (Å²) < 4.78 is 12.4. The predicted octanol–water partition coefficient (Wildman–Crippen LogP) is 4.85. The van der Waals surface area contributed by atoms with E-state index in [2.05, 4.69) is 20.8 Å². The van der Waals surface area contributed by atoms with Gasteiger partial charge in [-0.2, -0.15) is 0 Å². The Kier molecular flexibility index (Phi) is 4.10. The van der Waals surface area contributed by atoms with Gasteiger partial charge in [0.1, 0.15) is 0 Å². The van der Waals surface area contributed by atoms with Crippen LogP contribution >= 0.6 is 0 Å². The van der Waals surface area contributed by atoms with E-state index in [1.165, 1.54) is 57.8 Å². The van der Waals surface area contributed by atoms with Crippen LogP contribution in [0.15, 0.2) is 0 Å². The van der Waals surface area contributed by atoms with Gasteiger partial charge in [0, 0.05) is 0 Å². The zero-order valence-electron chi connectivity index (χ0n) is 17.0. The van der Waals surface area contributed by atoms with Gasteiger partial charge in [0.15, 0.2) is 0 Å². The van der Waals surface area contributed by atoms with Gasteiger partial charge in [0.25, 0.3) is 0 Å². The van der Waals surface area contributed by atoms with Crippen molar-refractivity contribution in [1.29, 1.82) is 0 Å². The number of rotatable bonds is 4. The Morgan fingerprint density at radius 2 is 1.85 bits per heavy atom. The monoisotopic (exact) mass is 362 g/mol. The number of ether oxygens (including phenoxy) is 2. The Morgan fingerprint density at radius 3 is 2.62 bits per heavy atom. The number of fused-ring (bicyclic) bond motifs is 2. The second kappa shape index (κ2) is 5.94. The maximum Gasteiger partial charge on any atom is 0.0923 e. The minimum atomic E-state index is -0.0631. The second-order valence-electron chi connectivity index (χ2n) is 11.1. The van der Waals surface area contributed by atoms with Crippen molar-refractivity contribution >= 4 is 0 Å². The van der Waals surface area contributed by atoms with E-state index >= 15 is 0 Å². The van der Waals surface area contributed by atoms with Crippen molar-refractivity contribution in [1.82, 2.24) is 0 Å². The first-order valence-electron chi connectivity index (χ1n) is 11.4. The first-order valence-corrected chi connectivity index (χ1v) is 11.4. The van der Waals surface area contributed by atoms with Gasteiger partial charge in [-0.05, 0) is 88.4 Å². The highest BCUT2D eigenvalue weighted by atomic mass is 16.6.